The van der Waals surface area contributed by atoms with Gasteiger partial charge >= 0.3 is 5.97 Å². The zero-order valence-electron chi connectivity index (χ0n) is 12.9. The first-order valence-corrected chi connectivity index (χ1v) is 8.81. The number of halogens is 1. The lowest BCUT2D eigenvalue weighted by Gasteiger charge is -2.12. The number of benzene rings is 2. The molecule has 25 heavy (non-hydrogen) atoms. The molecule has 0 unspecified atom stereocenters. The van der Waals surface area contributed by atoms with Gasteiger partial charge in [-0.3, -0.25) is 4.98 Å². The summed E-state index contributed by atoms with van der Waals surface area (Å²) in [5.41, 5.74) is 3.53. The standard InChI is InChI=1S/C20H12ClNO2S/c21-15-8-4-7-14(12-5-2-1-3-6-12)17(15)18-19-13(9-10-22-18)11-16(25-19)20(23)24/h1-11H,(H,23,24). The summed E-state index contributed by atoms with van der Waals surface area (Å²) in [6.07, 6.45) is 1.69. The van der Waals surface area contributed by atoms with Crippen molar-refractivity contribution in [1.82, 2.24) is 4.98 Å². The first kappa shape index (κ1) is 15.8. The Morgan fingerprint density at radius 3 is 2.60 bits per heavy atom. The molecule has 0 bridgehead atoms. The molecule has 2 aromatic heterocycles. The summed E-state index contributed by atoms with van der Waals surface area (Å²) < 4.78 is 0.824. The second-order valence-electron chi connectivity index (χ2n) is 5.52. The van der Waals surface area contributed by atoms with E-state index in [1.54, 1.807) is 12.3 Å². The van der Waals surface area contributed by atoms with Crippen LogP contribution >= 0.6 is 22.9 Å². The van der Waals surface area contributed by atoms with Crippen molar-refractivity contribution in [2.24, 2.45) is 0 Å². The number of aromatic carboxylic acids is 1. The van der Waals surface area contributed by atoms with E-state index in [2.05, 4.69) is 4.98 Å². The number of thiophene rings is 1. The highest BCUT2D eigenvalue weighted by molar-refractivity contribution is 7.21. The van der Waals surface area contributed by atoms with E-state index >= 15 is 0 Å². The van der Waals surface area contributed by atoms with E-state index < -0.39 is 5.97 Å². The lowest BCUT2D eigenvalue weighted by Crippen LogP contribution is -1.90. The van der Waals surface area contributed by atoms with E-state index in [0.717, 1.165) is 26.8 Å². The van der Waals surface area contributed by atoms with Crippen molar-refractivity contribution in [2.45, 2.75) is 0 Å². The third kappa shape index (κ3) is 2.80. The van der Waals surface area contributed by atoms with E-state index in [4.69, 9.17) is 11.6 Å². The molecule has 0 saturated heterocycles. The van der Waals surface area contributed by atoms with Crippen LogP contribution in [0.4, 0.5) is 0 Å². The van der Waals surface area contributed by atoms with Gasteiger partial charge in [0.15, 0.2) is 0 Å². The fourth-order valence-electron chi connectivity index (χ4n) is 2.87. The molecule has 4 rings (SSSR count). The SMILES string of the molecule is O=C(O)c1cc2ccnc(-c3c(Cl)cccc3-c3ccccc3)c2s1. The average Bonchev–Trinajstić information content (AvgIpc) is 3.07. The summed E-state index contributed by atoms with van der Waals surface area (Å²) >= 11 is 7.75. The third-order valence-electron chi connectivity index (χ3n) is 3.98. The van der Waals surface area contributed by atoms with Crippen LogP contribution in [-0.4, -0.2) is 16.1 Å². The van der Waals surface area contributed by atoms with Crippen molar-refractivity contribution in [2.75, 3.05) is 0 Å². The van der Waals surface area contributed by atoms with E-state index in [1.165, 1.54) is 11.3 Å². The van der Waals surface area contributed by atoms with Gasteiger partial charge in [0.05, 0.1) is 15.4 Å². The Bertz CT molecular complexity index is 1090. The zero-order valence-corrected chi connectivity index (χ0v) is 14.5. The molecule has 0 radical (unpaired) electrons. The summed E-state index contributed by atoms with van der Waals surface area (Å²) in [4.78, 5) is 16.2. The minimum atomic E-state index is -0.936. The van der Waals surface area contributed by atoms with Gasteiger partial charge in [-0.05, 0) is 34.7 Å². The van der Waals surface area contributed by atoms with E-state index in [1.807, 2.05) is 54.6 Å². The van der Waals surface area contributed by atoms with E-state index in [9.17, 15) is 9.90 Å². The van der Waals surface area contributed by atoms with Gasteiger partial charge in [-0.2, -0.15) is 0 Å². The number of carbonyl (C=O) groups is 1. The van der Waals surface area contributed by atoms with Gasteiger partial charge in [0.2, 0.25) is 0 Å². The minimum Gasteiger partial charge on any atom is -0.477 e. The topological polar surface area (TPSA) is 50.2 Å². The quantitative estimate of drug-likeness (QED) is 0.485. The fourth-order valence-corrected chi connectivity index (χ4v) is 4.12. The minimum absolute atomic E-state index is 0.289. The van der Waals surface area contributed by atoms with Crippen LogP contribution in [0.3, 0.4) is 0 Å². The van der Waals surface area contributed by atoms with E-state index in [-0.39, 0.29) is 4.88 Å². The highest BCUT2D eigenvalue weighted by Crippen LogP contribution is 2.41. The van der Waals surface area contributed by atoms with Gasteiger partial charge in [-0.15, -0.1) is 11.3 Å². The summed E-state index contributed by atoms with van der Waals surface area (Å²) in [5, 5.41) is 10.7. The molecule has 0 amide bonds. The van der Waals surface area contributed by atoms with Crippen molar-refractivity contribution in [1.29, 1.82) is 0 Å². The summed E-state index contributed by atoms with van der Waals surface area (Å²) in [7, 11) is 0. The molecule has 1 N–H and O–H groups in total. The van der Waals surface area contributed by atoms with Gasteiger partial charge < -0.3 is 5.11 Å². The summed E-state index contributed by atoms with van der Waals surface area (Å²) in [5.74, 6) is -0.936. The Morgan fingerprint density at radius 1 is 1.04 bits per heavy atom. The maximum Gasteiger partial charge on any atom is 0.345 e. The van der Waals surface area contributed by atoms with Crippen molar-refractivity contribution in [3.05, 3.63) is 76.8 Å². The predicted octanol–water partition coefficient (Wildman–Crippen LogP) is 5.98. The highest BCUT2D eigenvalue weighted by Gasteiger charge is 2.18. The van der Waals surface area contributed by atoms with Crippen LogP contribution in [0.1, 0.15) is 9.67 Å². The number of fused-ring (bicyclic) bond motifs is 1. The van der Waals surface area contributed by atoms with Gasteiger partial charge in [0, 0.05) is 11.8 Å². The van der Waals surface area contributed by atoms with Crippen molar-refractivity contribution in [3.8, 4) is 22.4 Å². The number of carboxylic acid groups (broad SMARTS) is 1. The number of hydrogen-bond acceptors (Lipinski definition) is 3. The largest absolute Gasteiger partial charge is 0.477 e. The molecule has 5 heteroatoms. The molecular weight excluding hydrogens is 354 g/mol. The molecule has 0 aliphatic carbocycles. The molecule has 4 aromatic rings. The molecule has 0 atom stereocenters. The first-order valence-electron chi connectivity index (χ1n) is 7.61. The maximum absolute atomic E-state index is 11.3. The Hall–Kier alpha value is -2.69. The first-order chi connectivity index (χ1) is 12.1. The van der Waals surface area contributed by atoms with Crippen LogP contribution in [0.15, 0.2) is 66.9 Å². The molecule has 0 spiro atoms. The molecule has 0 saturated carbocycles. The molecule has 0 fully saturated rings. The van der Waals surface area contributed by atoms with Crippen LogP contribution in [0.25, 0.3) is 32.5 Å². The van der Waals surface area contributed by atoms with Crippen LogP contribution in [0.5, 0.6) is 0 Å². The molecule has 122 valence electrons. The van der Waals surface area contributed by atoms with Gasteiger partial charge in [-0.25, -0.2) is 4.79 Å². The van der Waals surface area contributed by atoms with Gasteiger partial charge in [-0.1, -0.05) is 54.1 Å². The summed E-state index contributed by atoms with van der Waals surface area (Å²) in [6.45, 7) is 0. The second-order valence-corrected chi connectivity index (χ2v) is 6.98. The average molecular weight is 366 g/mol. The van der Waals surface area contributed by atoms with Crippen LogP contribution in [-0.2, 0) is 0 Å². The third-order valence-corrected chi connectivity index (χ3v) is 5.44. The molecule has 2 aromatic carbocycles. The Balaban J connectivity index is 2.03. The van der Waals surface area contributed by atoms with Crippen molar-refractivity contribution < 1.29 is 9.90 Å². The molecule has 2 heterocycles. The molecule has 0 aliphatic rings. The van der Waals surface area contributed by atoms with Crippen LogP contribution in [0, 0.1) is 0 Å². The van der Waals surface area contributed by atoms with Crippen LogP contribution in [0.2, 0.25) is 5.02 Å². The lowest BCUT2D eigenvalue weighted by molar-refractivity contribution is 0.0702. The second kappa shape index (κ2) is 6.31. The number of pyridine rings is 1. The van der Waals surface area contributed by atoms with Crippen LogP contribution < -0.4 is 0 Å². The number of aromatic nitrogens is 1. The number of hydrogen-bond donors (Lipinski definition) is 1. The van der Waals surface area contributed by atoms with Crippen molar-refractivity contribution >= 4 is 39.0 Å². The van der Waals surface area contributed by atoms with Gasteiger partial charge in [0.1, 0.15) is 4.88 Å². The fraction of sp³-hybridized carbons (Fsp3) is 0. The molecule has 0 aliphatic heterocycles. The zero-order chi connectivity index (χ0) is 17.4. The predicted molar refractivity (Wildman–Crippen MR) is 102 cm³/mol. The number of carboxylic acids is 1. The van der Waals surface area contributed by atoms with E-state index in [0.29, 0.717) is 10.7 Å². The normalized spacial score (nSPS) is 10.9. The number of rotatable bonds is 3. The molecule has 3 nitrogen and oxygen atoms in total. The lowest BCUT2D eigenvalue weighted by atomic mass is 9.97. The molecular formula is C20H12ClNO2S. The summed E-state index contributed by atoms with van der Waals surface area (Å²) in [6, 6.07) is 19.2. The smallest absolute Gasteiger partial charge is 0.345 e. The highest BCUT2D eigenvalue weighted by atomic mass is 35.5. The van der Waals surface area contributed by atoms with Gasteiger partial charge in [0.25, 0.3) is 0 Å². The monoisotopic (exact) mass is 365 g/mol. The maximum atomic E-state index is 11.3. The Kier molecular flexibility index (Phi) is 3.99. The van der Waals surface area contributed by atoms with Crippen molar-refractivity contribution in [3.63, 3.8) is 0 Å². The Labute approximate surface area is 153 Å². The number of nitrogens with zero attached hydrogens (tertiary/aromatic N) is 1. The Morgan fingerprint density at radius 2 is 1.84 bits per heavy atom.